The molecule has 26 heavy (non-hydrogen) atoms. The quantitative estimate of drug-likeness (QED) is 0.553. The molecule has 1 aromatic heterocycles. The highest BCUT2D eigenvalue weighted by molar-refractivity contribution is 6.39. The van der Waals surface area contributed by atoms with E-state index < -0.39 is 18.1 Å². The Hall–Kier alpha value is -2.42. The van der Waals surface area contributed by atoms with Crippen molar-refractivity contribution in [1.82, 2.24) is 25.7 Å². The molecule has 0 aliphatic carbocycles. The van der Waals surface area contributed by atoms with Crippen LogP contribution in [0.1, 0.15) is 52.0 Å². The van der Waals surface area contributed by atoms with Crippen LogP contribution >= 0.6 is 0 Å². The third-order valence-corrected chi connectivity index (χ3v) is 3.98. The molecule has 0 saturated carbocycles. The van der Waals surface area contributed by atoms with E-state index >= 15 is 0 Å². The van der Waals surface area contributed by atoms with Gasteiger partial charge in [-0.05, 0) is 19.3 Å². The Balaban J connectivity index is 2.10. The van der Waals surface area contributed by atoms with Crippen molar-refractivity contribution >= 4 is 23.5 Å². The number of hydrogen-bond acceptors (Lipinski definition) is 5. The summed E-state index contributed by atoms with van der Waals surface area (Å²) in [7, 11) is 0. The third-order valence-electron chi connectivity index (χ3n) is 3.98. The van der Waals surface area contributed by atoms with Crippen molar-refractivity contribution in [2.45, 2.75) is 59.3 Å². The summed E-state index contributed by atoms with van der Waals surface area (Å²) in [6.07, 6.45) is 1.65. The molecule has 2 unspecified atom stereocenters. The zero-order valence-electron chi connectivity index (χ0n) is 15.8. The molecule has 1 fully saturated rings. The number of carbonyl (C=O) groups excluding carboxylic acids is 3. The van der Waals surface area contributed by atoms with Gasteiger partial charge in [0.1, 0.15) is 5.82 Å². The number of amides is 3. The van der Waals surface area contributed by atoms with Gasteiger partial charge in [-0.15, -0.1) is 0 Å². The van der Waals surface area contributed by atoms with Crippen molar-refractivity contribution < 1.29 is 14.4 Å². The van der Waals surface area contributed by atoms with E-state index in [1.165, 1.54) is 4.68 Å². The number of nitrogens with zero attached hydrogens (tertiary/aromatic N) is 2. The van der Waals surface area contributed by atoms with Crippen LogP contribution in [0.4, 0.5) is 5.82 Å². The molecule has 2 atom stereocenters. The topological polar surface area (TPSA) is 117 Å². The van der Waals surface area contributed by atoms with Gasteiger partial charge in [0, 0.05) is 25.1 Å². The molecule has 0 radical (unpaired) electrons. The van der Waals surface area contributed by atoms with Gasteiger partial charge < -0.3 is 16.0 Å². The molecule has 9 nitrogen and oxygen atoms in total. The van der Waals surface area contributed by atoms with Gasteiger partial charge in [-0.3, -0.25) is 19.7 Å². The number of carbonyl (C=O) groups is 3. The maximum Gasteiger partial charge on any atom is 0.314 e. The lowest BCUT2D eigenvalue weighted by atomic mass is 10.1. The first kappa shape index (κ1) is 19.9. The predicted octanol–water partition coefficient (Wildman–Crippen LogP) is 0.637. The predicted molar refractivity (Wildman–Crippen MR) is 97.1 cm³/mol. The van der Waals surface area contributed by atoms with E-state index in [9.17, 15) is 14.4 Å². The van der Waals surface area contributed by atoms with E-state index in [4.69, 9.17) is 0 Å². The monoisotopic (exact) mass is 364 g/mol. The minimum absolute atomic E-state index is 0.0427. The van der Waals surface area contributed by atoms with Crippen molar-refractivity contribution in [2.75, 3.05) is 11.9 Å². The van der Waals surface area contributed by atoms with Gasteiger partial charge in [0.25, 0.3) is 0 Å². The van der Waals surface area contributed by atoms with E-state index in [1.807, 2.05) is 13.8 Å². The smallest absolute Gasteiger partial charge is 0.314 e. The Kier molecular flexibility index (Phi) is 6.73. The Labute approximate surface area is 153 Å². The molecule has 1 aliphatic heterocycles. The molecule has 4 N–H and O–H groups in total. The van der Waals surface area contributed by atoms with Crippen LogP contribution < -0.4 is 21.3 Å². The molecule has 2 heterocycles. The van der Waals surface area contributed by atoms with Crippen LogP contribution in [0, 0.1) is 12.8 Å². The van der Waals surface area contributed by atoms with Crippen LogP contribution in [0.5, 0.6) is 0 Å². The summed E-state index contributed by atoms with van der Waals surface area (Å²) >= 11 is 0. The molecule has 1 aliphatic rings. The van der Waals surface area contributed by atoms with Crippen molar-refractivity contribution in [1.29, 1.82) is 0 Å². The molecule has 0 aromatic carbocycles. The first-order chi connectivity index (χ1) is 12.3. The molecule has 1 saturated heterocycles. The molecule has 0 bridgehead atoms. The highest BCUT2D eigenvalue weighted by Gasteiger charge is 2.29. The zero-order chi connectivity index (χ0) is 19.3. The molecule has 144 valence electrons. The van der Waals surface area contributed by atoms with E-state index in [0.717, 1.165) is 12.8 Å². The summed E-state index contributed by atoms with van der Waals surface area (Å²) in [5, 5.41) is 15.6. The highest BCUT2D eigenvalue weighted by Crippen LogP contribution is 2.18. The van der Waals surface area contributed by atoms with Gasteiger partial charge in [-0.25, -0.2) is 4.68 Å². The second kappa shape index (κ2) is 8.79. The van der Waals surface area contributed by atoms with Gasteiger partial charge in [0.15, 0.2) is 6.29 Å². The first-order valence-corrected chi connectivity index (χ1v) is 9.00. The van der Waals surface area contributed by atoms with Gasteiger partial charge >= 0.3 is 11.8 Å². The van der Waals surface area contributed by atoms with E-state index in [2.05, 4.69) is 33.3 Å². The molecule has 0 spiro atoms. The van der Waals surface area contributed by atoms with Gasteiger partial charge in [-0.1, -0.05) is 27.2 Å². The summed E-state index contributed by atoms with van der Waals surface area (Å²) in [6.45, 7) is 8.15. The molecule has 9 heteroatoms. The van der Waals surface area contributed by atoms with Crippen LogP contribution in [0.3, 0.4) is 0 Å². The van der Waals surface area contributed by atoms with Crippen molar-refractivity contribution in [3.05, 3.63) is 11.8 Å². The number of anilines is 1. The van der Waals surface area contributed by atoms with E-state index in [1.54, 1.807) is 13.0 Å². The number of aryl methyl sites for hydroxylation is 1. The minimum Gasteiger partial charge on any atom is -0.348 e. The fourth-order valence-electron chi connectivity index (χ4n) is 2.78. The van der Waals surface area contributed by atoms with E-state index in [-0.39, 0.29) is 17.9 Å². The van der Waals surface area contributed by atoms with Gasteiger partial charge in [0.2, 0.25) is 5.91 Å². The summed E-state index contributed by atoms with van der Waals surface area (Å²) < 4.78 is 1.49. The summed E-state index contributed by atoms with van der Waals surface area (Å²) in [5.41, 5.74) is 0.663. The fraction of sp³-hybridized carbons (Fsp3) is 0.647. The number of nitrogens with one attached hydrogen (secondary N) is 4. The maximum atomic E-state index is 12.1. The van der Waals surface area contributed by atoms with Crippen molar-refractivity contribution in [2.24, 2.45) is 5.92 Å². The number of hydrogen-bond donors (Lipinski definition) is 4. The normalized spacial score (nSPS) is 20.0. The number of rotatable bonds is 6. The van der Waals surface area contributed by atoms with Crippen LogP contribution in [0.2, 0.25) is 0 Å². The fourth-order valence-corrected chi connectivity index (χ4v) is 2.78. The second-order valence-corrected chi connectivity index (χ2v) is 7.00. The van der Waals surface area contributed by atoms with Crippen molar-refractivity contribution in [3.8, 4) is 0 Å². The van der Waals surface area contributed by atoms with Crippen LogP contribution in [0.25, 0.3) is 0 Å². The molecule has 3 amide bonds. The van der Waals surface area contributed by atoms with Crippen LogP contribution in [-0.4, -0.2) is 40.1 Å². The highest BCUT2D eigenvalue weighted by atomic mass is 16.2. The maximum absolute atomic E-state index is 12.1. The summed E-state index contributed by atoms with van der Waals surface area (Å²) in [6, 6.07) is 1.70. The molecular formula is C17H28N6O3. The average Bonchev–Trinajstić information content (AvgIpc) is 2.92. The SMILES string of the molecule is CCCC1CC(=O)NC(n2nc(C)cc2NC(=O)C(=O)NCC(C)C)N1. The largest absolute Gasteiger partial charge is 0.348 e. The summed E-state index contributed by atoms with van der Waals surface area (Å²) in [5.74, 6) is -0.946. The Morgan fingerprint density at radius 3 is 2.77 bits per heavy atom. The Bertz CT molecular complexity index is 669. The van der Waals surface area contributed by atoms with Crippen LogP contribution in [0.15, 0.2) is 6.07 Å². The average molecular weight is 364 g/mol. The third kappa shape index (κ3) is 5.29. The van der Waals surface area contributed by atoms with Crippen LogP contribution in [-0.2, 0) is 14.4 Å². The first-order valence-electron chi connectivity index (χ1n) is 9.00. The molecular weight excluding hydrogens is 336 g/mol. The Morgan fingerprint density at radius 1 is 1.38 bits per heavy atom. The second-order valence-electron chi connectivity index (χ2n) is 7.00. The van der Waals surface area contributed by atoms with Gasteiger partial charge in [-0.2, -0.15) is 5.10 Å². The molecule has 1 aromatic rings. The van der Waals surface area contributed by atoms with Crippen molar-refractivity contribution in [3.63, 3.8) is 0 Å². The lowest BCUT2D eigenvalue weighted by molar-refractivity contribution is -0.136. The lowest BCUT2D eigenvalue weighted by Gasteiger charge is -2.32. The van der Waals surface area contributed by atoms with Gasteiger partial charge in [0.05, 0.1) is 5.69 Å². The van der Waals surface area contributed by atoms with E-state index in [0.29, 0.717) is 24.5 Å². The zero-order valence-corrected chi connectivity index (χ0v) is 15.8. The Morgan fingerprint density at radius 2 is 2.12 bits per heavy atom. The molecule has 2 rings (SSSR count). The number of aromatic nitrogens is 2. The standard InChI is InChI=1S/C17H28N6O3/c1-5-6-12-8-14(24)21-17(19-12)23-13(7-11(4)22-23)20-16(26)15(25)18-9-10(2)3/h7,10,12,17,19H,5-6,8-9H2,1-4H3,(H,18,25)(H,20,26)(H,21,24). The minimum atomic E-state index is -0.765. The lowest BCUT2D eigenvalue weighted by Crippen LogP contribution is -2.53. The summed E-state index contributed by atoms with van der Waals surface area (Å²) in [4.78, 5) is 36.0.